The van der Waals surface area contributed by atoms with Gasteiger partial charge in [0.15, 0.2) is 0 Å². The van der Waals surface area contributed by atoms with Crippen molar-refractivity contribution in [3.05, 3.63) is 0 Å². The molecule has 0 heterocycles. The Morgan fingerprint density at radius 1 is 1.17 bits per heavy atom. The number of rotatable bonds is 0. The summed E-state index contributed by atoms with van der Waals surface area (Å²) in [5, 5.41) is 0. The molecule has 0 spiro atoms. The maximum atomic E-state index is 9.75. The van der Waals surface area contributed by atoms with Gasteiger partial charge in [0.05, 0.1) is 0 Å². The van der Waals surface area contributed by atoms with Gasteiger partial charge in [0.2, 0.25) is 0 Å². The van der Waals surface area contributed by atoms with Gasteiger partial charge in [0.25, 0.3) is 0 Å². The van der Waals surface area contributed by atoms with Gasteiger partial charge in [-0.3, -0.25) is 0 Å². The van der Waals surface area contributed by atoms with Crippen molar-refractivity contribution in [3.8, 4) is 0 Å². The van der Waals surface area contributed by atoms with E-state index in [1.54, 1.807) is 0 Å². The van der Waals surface area contributed by atoms with Gasteiger partial charge < -0.3 is 20.1 Å². The van der Waals surface area contributed by atoms with Crippen LogP contribution >= 0.6 is 0 Å². The predicted molar refractivity (Wildman–Crippen MR) is 19.3 cm³/mol. The first kappa shape index (κ1) is 10.3. The normalized spacial score (nSPS) is 10.0. The Hall–Kier alpha value is 1.27. The van der Waals surface area contributed by atoms with Crippen LogP contribution in [0.5, 0.6) is 0 Å². The van der Waals surface area contributed by atoms with Gasteiger partial charge in [-0.05, 0) is 0 Å². The summed E-state index contributed by atoms with van der Waals surface area (Å²) in [5.41, 5.74) is 0. The third-order valence-electron chi connectivity index (χ3n) is 0. The Morgan fingerprint density at radius 2 is 1.17 bits per heavy atom. The van der Waals surface area contributed by atoms with Gasteiger partial charge in [-0.15, -0.1) is 0 Å². The first-order valence-corrected chi connectivity index (χ1v) is 0.873. The Morgan fingerprint density at radius 3 is 1.17 bits per heavy atom. The van der Waals surface area contributed by atoms with Crippen LogP contribution in [-0.4, -0.2) is 52.7 Å². The molecule has 0 radical (unpaired) electrons. The molecule has 0 amide bonds. The van der Waals surface area contributed by atoms with Crippen molar-refractivity contribution in [3.63, 3.8) is 0 Å². The SMILES string of the molecule is F[B-](F)(F)F.[H+].[H-].[H-].[Sr+2]. The minimum absolute atomic E-state index is 0. The fraction of sp³-hybridized carbons (Fsp3) is 0. The summed E-state index contributed by atoms with van der Waals surface area (Å²) in [6.45, 7) is 0. The molecule has 0 atom stereocenters. The van der Waals surface area contributed by atoms with Crippen LogP contribution in [0.1, 0.15) is 4.28 Å². The fourth-order valence-electron chi connectivity index (χ4n) is 0. The zero-order valence-electron chi connectivity index (χ0n) is 5.80. The van der Waals surface area contributed by atoms with E-state index in [2.05, 4.69) is 0 Å². The smallest absolute Gasteiger partial charge is 1.00 e. The van der Waals surface area contributed by atoms with Gasteiger partial charge in [-0.2, -0.15) is 0 Å². The summed E-state index contributed by atoms with van der Waals surface area (Å²) in [7, 11) is -6.00. The van der Waals surface area contributed by atoms with Gasteiger partial charge in [-0.25, -0.2) is 0 Å². The van der Waals surface area contributed by atoms with Crippen LogP contribution in [0.25, 0.3) is 0 Å². The van der Waals surface area contributed by atoms with Gasteiger partial charge in [0.1, 0.15) is 0 Å². The topological polar surface area (TPSA) is 0 Å². The second-order valence-corrected chi connectivity index (χ2v) is 0.495. The van der Waals surface area contributed by atoms with Crippen molar-refractivity contribution >= 4 is 52.7 Å². The van der Waals surface area contributed by atoms with Crippen LogP contribution in [0.15, 0.2) is 0 Å². The maximum Gasteiger partial charge on any atom is 2.00 e. The molecule has 6 heavy (non-hydrogen) atoms. The van der Waals surface area contributed by atoms with Crippen molar-refractivity contribution in [2.45, 2.75) is 0 Å². The average molecular weight is 177 g/mol. The summed E-state index contributed by atoms with van der Waals surface area (Å²) < 4.78 is 39.0. The van der Waals surface area contributed by atoms with E-state index < -0.39 is 7.25 Å². The summed E-state index contributed by atoms with van der Waals surface area (Å²) >= 11 is 0. The van der Waals surface area contributed by atoms with Crippen molar-refractivity contribution < 1.29 is 21.5 Å². The number of halogens is 4. The second kappa shape index (κ2) is 3.29. The fourth-order valence-corrected chi connectivity index (χ4v) is 0. The van der Waals surface area contributed by atoms with Crippen molar-refractivity contribution in [2.75, 3.05) is 0 Å². The first-order valence-electron chi connectivity index (χ1n) is 0.873. The number of hydrogen-bond acceptors (Lipinski definition) is 0. The Bertz CT molecular complexity index is 31.3. The largest absolute Gasteiger partial charge is 2.00 e. The van der Waals surface area contributed by atoms with Crippen molar-refractivity contribution in [1.82, 2.24) is 0 Å². The van der Waals surface area contributed by atoms with Crippen LogP contribution in [0, 0.1) is 0 Å². The molecule has 0 aliphatic rings. The van der Waals surface area contributed by atoms with E-state index in [0.717, 1.165) is 0 Å². The quantitative estimate of drug-likeness (QED) is 0.386. The molecule has 0 rings (SSSR count). The minimum Gasteiger partial charge on any atom is -1.00 e. The number of hydrogen-bond donors (Lipinski definition) is 0. The molecular formula is H3BF4Sr. The van der Waals surface area contributed by atoms with E-state index >= 15 is 0 Å². The predicted octanol–water partition coefficient (Wildman–Crippen LogP) is 1.26. The molecule has 0 aromatic carbocycles. The third-order valence-corrected chi connectivity index (χ3v) is 0. The zero-order chi connectivity index (χ0) is 4.50. The molecule has 36 valence electrons. The Labute approximate surface area is 73.7 Å². The molecule has 0 bridgehead atoms. The molecule has 0 nitrogen and oxygen atoms in total. The van der Waals surface area contributed by atoms with E-state index in [1.807, 2.05) is 0 Å². The van der Waals surface area contributed by atoms with E-state index in [-0.39, 0.29) is 49.8 Å². The molecule has 0 fully saturated rings. The maximum absolute atomic E-state index is 9.75. The molecule has 0 aliphatic carbocycles. The molecule has 0 saturated heterocycles. The molecule has 0 aromatic heterocycles. The van der Waals surface area contributed by atoms with Gasteiger partial charge in [0, 0.05) is 0 Å². The van der Waals surface area contributed by atoms with E-state index in [4.69, 9.17) is 0 Å². The van der Waals surface area contributed by atoms with Crippen LogP contribution in [0.3, 0.4) is 0 Å². The molecule has 0 aliphatic heterocycles. The standard InChI is InChI=1S/BF4.Sr.2H/c2-1(3,4)5;;;/q-1;+2;2*-1/p+1. The minimum atomic E-state index is -6.00. The second-order valence-electron chi connectivity index (χ2n) is 0.495. The van der Waals surface area contributed by atoms with Crippen LogP contribution < -0.4 is 0 Å². The monoisotopic (exact) mass is 178 g/mol. The van der Waals surface area contributed by atoms with E-state index in [9.17, 15) is 17.3 Å². The Kier molecular flexibility index (Phi) is 5.64. The zero-order valence-corrected chi connectivity index (χ0v) is 6.27. The molecule has 0 saturated carbocycles. The van der Waals surface area contributed by atoms with Crippen LogP contribution in [-0.2, 0) is 0 Å². The van der Waals surface area contributed by atoms with Gasteiger partial charge >= 0.3 is 54.2 Å². The third kappa shape index (κ3) is 59.8. The summed E-state index contributed by atoms with van der Waals surface area (Å²) in [4.78, 5) is 0. The van der Waals surface area contributed by atoms with E-state index in [0.29, 0.717) is 0 Å². The molecule has 6 heteroatoms. The molecular weight excluding hydrogens is 174 g/mol. The average Bonchev–Trinajstić information content (AvgIpc) is 0.722. The van der Waals surface area contributed by atoms with Crippen molar-refractivity contribution in [2.24, 2.45) is 0 Å². The molecule has 0 N–H and O–H groups in total. The first-order chi connectivity index (χ1) is 2.00. The molecule has 0 aromatic rings. The van der Waals surface area contributed by atoms with Gasteiger partial charge in [-0.1, -0.05) is 0 Å². The molecule has 0 unspecified atom stereocenters. The van der Waals surface area contributed by atoms with Crippen LogP contribution in [0.2, 0.25) is 0 Å². The van der Waals surface area contributed by atoms with E-state index in [1.165, 1.54) is 0 Å². The summed E-state index contributed by atoms with van der Waals surface area (Å²) in [6, 6.07) is 0. The van der Waals surface area contributed by atoms with Crippen LogP contribution in [0.4, 0.5) is 17.3 Å². The summed E-state index contributed by atoms with van der Waals surface area (Å²) in [6.07, 6.45) is 0. The Balaban J connectivity index is -0.0000000133. The van der Waals surface area contributed by atoms with Crippen molar-refractivity contribution in [1.29, 1.82) is 0 Å². The summed E-state index contributed by atoms with van der Waals surface area (Å²) in [5.74, 6) is 0.